The van der Waals surface area contributed by atoms with Crippen LogP contribution in [0.4, 0.5) is 0 Å². The van der Waals surface area contributed by atoms with Gasteiger partial charge in [-0.3, -0.25) is 9.78 Å². The highest BCUT2D eigenvalue weighted by molar-refractivity contribution is 5.96. The zero-order chi connectivity index (χ0) is 22.0. The van der Waals surface area contributed by atoms with Crippen molar-refractivity contribution in [3.8, 4) is 17.1 Å². The number of para-hydroxylation sites is 2. The topological polar surface area (TPSA) is 105 Å². The number of aromatic amines is 1. The molecule has 4 rings (SSSR count). The molecule has 2 N–H and O–H groups in total. The van der Waals surface area contributed by atoms with Crippen LogP contribution in [0.5, 0.6) is 5.88 Å². The Labute approximate surface area is 178 Å². The first-order valence-corrected chi connectivity index (χ1v) is 9.80. The largest absolute Gasteiger partial charge is 0.481 e. The number of hydrogen-bond acceptors (Lipinski definition) is 5. The van der Waals surface area contributed by atoms with Crippen molar-refractivity contribution in [2.45, 2.75) is 26.0 Å². The molecule has 0 aliphatic heterocycles. The second-order valence-corrected chi connectivity index (χ2v) is 7.77. The minimum absolute atomic E-state index is 0.275. The zero-order valence-electron chi connectivity index (χ0n) is 17.5. The smallest absolute Gasteiger partial charge is 0.280 e. The van der Waals surface area contributed by atoms with Gasteiger partial charge in [-0.2, -0.15) is 4.99 Å². The van der Waals surface area contributed by atoms with E-state index in [1.54, 1.807) is 49.0 Å². The number of nitrogens with one attached hydrogen (secondary N) is 1. The quantitative estimate of drug-likeness (QED) is 0.519. The number of methoxy groups -OCH3 is 1. The van der Waals surface area contributed by atoms with Crippen molar-refractivity contribution < 1.29 is 14.6 Å². The third-order valence-corrected chi connectivity index (χ3v) is 4.70. The number of rotatable bonds is 5. The van der Waals surface area contributed by atoms with Crippen molar-refractivity contribution in [2.24, 2.45) is 4.99 Å². The molecule has 0 bridgehead atoms. The average molecular weight is 417 g/mol. The lowest BCUT2D eigenvalue weighted by molar-refractivity contribution is 0.0612. The number of ether oxygens (including phenoxy) is 1. The first-order chi connectivity index (χ1) is 14.9. The van der Waals surface area contributed by atoms with E-state index >= 15 is 0 Å². The highest BCUT2D eigenvalue weighted by atomic mass is 16.5. The predicted molar refractivity (Wildman–Crippen MR) is 117 cm³/mol. The Morgan fingerprint density at radius 3 is 2.74 bits per heavy atom. The van der Waals surface area contributed by atoms with E-state index < -0.39 is 11.5 Å². The molecule has 0 fully saturated rings. The Bertz CT molecular complexity index is 1310. The lowest BCUT2D eigenvalue weighted by atomic mass is 10.1. The molecule has 1 amide bonds. The molecule has 8 heteroatoms. The highest BCUT2D eigenvalue weighted by Crippen LogP contribution is 2.26. The van der Waals surface area contributed by atoms with E-state index in [0.29, 0.717) is 28.3 Å². The molecule has 0 aliphatic carbocycles. The molecule has 3 heterocycles. The summed E-state index contributed by atoms with van der Waals surface area (Å²) >= 11 is 0. The molecule has 0 saturated heterocycles. The highest BCUT2D eigenvalue weighted by Gasteiger charge is 2.18. The molecule has 0 aliphatic rings. The average Bonchev–Trinajstić information content (AvgIpc) is 3.09. The third-order valence-electron chi connectivity index (χ3n) is 4.70. The number of carbonyl (C=O) groups excluding carboxylic acids is 1. The number of hydrogen-bond donors (Lipinski definition) is 2. The number of nitrogens with zero attached hydrogens (tertiary/aromatic N) is 4. The molecule has 0 saturated carbocycles. The maximum Gasteiger partial charge on any atom is 0.280 e. The summed E-state index contributed by atoms with van der Waals surface area (Å²) in [4.78, 5) is 29.0. The number of amides is 1. The van der Waals surface area contributed by atoms with Crippen LogP contribution in [0, 0.1) is 0 Å². The van der Waals surface area contributed by atoms with Crippen LogP contribution < -0.4 is 10.4 Å². The van der Waals surface area contributed by atoms with Crippen molar-refractivity contribution in [3.05, 3.63) is 72.1 Å². The van der Waals surface area contributed by atoms with Crippen LogP contribution in [0.25, 0.3) is 22.3 Å². The first-order valence-electron chi connectivity index (χ1n) is 9.80. The summed E-state index contributed by atoms with van der Waals surface area (Å²) in [6, 6.07) is 14.5. The van der Waals surface area contributed by atoms with Crippen molar-refractivity contribution in [2.75, 3.05) is 7.11 Å². The molecule has 0 radical (unpaired) electrons. The fourth-order valence-corrected chi connectivity index (χ4v) is 3.37. The second kappa shape index (κ2) is 8.16. The van der Waals surface area contributed by atoms with Crippen molar-refractivity contribution in [1.29, 1.82) is 0 Å². The number of aliphatic hydroxyl groups is 1. The molecule has 158 valence electrons. The Morgan fingerprint density at radius 2 is 1.97 bits per heavy atom. The van der Waals surface area contributed by atoms with Crippen LogP contribution in [0.2, 0.25) is 0 Å². The van der Waals surface area contributed by atoms with Gasteiger partial charge in [-0.05, 0) is 50.2 Å². The van der Waals surface area contributed by atoms with Gasteiger partial charge < -0.3 is 19.4 Å². The van der Waals surface area contributed by atoms with Gasteiger partial charge in [0.05, 0.1) is 41.5 Å². The lowest BCUT2D eigenvalue weighted by Gasteiger charge is -2.18. The predicted octanol–water partition coefficient (Wildman–Crippen LogP) is 2.95. The first kappa shape index (κ1) is 20.5. The number of H-pyrrole nitrogens is 1. The van der Waals surface area contributed by atoms with E-state index in [9.17, 15) is 9.90 Å². The van der Waals surface area contributed by atoms with Crippen LogP contribution in [0.3, 0.4) is 0 Å². The minimum atomic E-state index is -0.982. The standard InChI is InChI=1S/C23H23N5O3/c1-23(2,30)14-28-19-9-5-4-8-17(19)26-22(28)27-20(29)15-10-12-24-18(13-15)16-7-6-11-25-21(16)31-3/h4-13,30H,14H2,1-3H3,(H,26,27,29). The number of fused-ring (bicyclic) bond motifs is 1. The van der Waals surface area contributed by atoms with Gasteiger partial charge in [-0.1, -0.05) is 12.1 Å². The van der Waals surface area contributed by atoms with Crippen LogP contribution in [-0.2, 0) is 6.54 Å². The maximum atomic E-state index is 13.0. The molecule has 8 nitrogen and oxygen atoms in total. The van der Waals surface area contributed by atoms with E-state index in [1.165, 1.54) is 7.11 Å². The Hall–Kier alpha value is -3.78. The summed E-state index contributed by atoms with van der Waals surface area (Å²) < 4.78 is 7.11. The number of carbonyl (C=O) groups is 1. The Morgan fingerprint density at radius 1 is 1.16 bits per heavy atom. The molecule has 0 unspecified atom stereocenters. The zero-order valence-corrected chi connectivity index (χ0v) is 17.5. The van der Waals surface area contributed by atoms with Crippen molar-refractivity contribution in [3.63, 3.8) is 0 Å². The summed E-state index contributed by atoms with van der Waals surface area (Å²) in [5.74, 6) is -0.00210. The van der Waals surface area contributed by atoms with Gasteiger partial charge in [-0.25, -0.2) is 4.98 Å². The number of pyridine rings is 2. The summed E-state index contributed by atoms with van der Waals surface area (Å²) in [7, 11) is 1.54. The summed E-state index contributed by atoms with van der Waals surface area (Å²) in [5, 5.41) is 10.3. The number of benzene rings is 1. The Kier molecular flexibility index (Phi) is 5.39. The summed E-state index contributed by atoms with van der Waals surface area (Å²) in [6.45, 7) is 3.70. The lowest BCUT2D eigenvalue weighted by Crippen LogP contribution is -2.32. The monoisotopic (exact) mass is 417 g/mol. The molecule has 0 atom stereocenters. The van der Waals surface area contributed by atoms with E-state index in [4.69, 9.17) is 4.74 Å². The molecule has 1 aromatic carbocycles. The molecular formula is C23H23N5O3. The third kappa shape index (κ3) is 4.39. The van der Waals surface area contributed by atoms with Gasteiger partial charge >= 0.3 is 0 Å². The van der Waals surface area contributed by atoms with Crippen molar-refractivity contribution in [1.82, 2.24) is 19.5 Å². The number of imidazole rings is 1. The maximum absolute atomic E-state index is 13.0. The SMILES string of the molecule is COc1ncccc1-c1cc(C(=O)/N=c2\[nH]c3ccccc3n2CC(C)(C)O)ccn1. The van der Waals surface area contributed by atoms with Crippen LogP contribution >= 0.6 is 0 Å². The van der Waals surface area contributed by atoms with Gasteiger partial charge in [0.2, 0.25) is 11.5 Å². The van der Waals surface area contributed by atoms with Crippen LogP contribution in [0.1, 0.15) is 24.2 Å². The normalized spacial score (nSPS) is 12.3. The van der Waals surface area contributed by atoms with E-state index in [-0.39, 0.29) is 6.54 Å². The van der Waals surface area contributed by atoms with Crippen molar-refractivity contribution >= 4 is 16.9 Å². The molecular weight excluding hydrogens is 394 g/mol. The summed E-state index contributed by atoms with van der Waals surface area (Å²) in [6.07, 6.45) is 3.19. The Balaban J connectivity index is 1.78. The van der Waals surface area contributed by atoms with Gasteiger partial charge in [0.15, 0.2) is 0 Å². The van der Waals surface area contributed by atoms with Gasteiger partial charge in [0.1, 0.15) is 0 Å². The van der Waals surface area contributed by atoms with Crippen LogP contribution in [-0.4, -0.2) is 43.2 Å². The number of aromatic nitrogens is 4. The minimum Gasteiger partial charge on any atom is -0.481 e. The fraction of sp³-hybridized carbons (Fsp3) is 0.217. The molecule has 4 aromatic rings. The van der Waals surface area contributed by atoms with Crippen LogP contribution in [0.15, 0.2) is 65.9 Å². The second-order valence-electron chi connectivity index (χ2n) is 7.77. The van der Waals surface area contributed by atoms with E-state index in [1.807, 2.05) is 30.3 Å². The molecule has 3 aromatic heterocycles. The fourth-order valence-electron chi connectivity index (χ4n) is 3.37. The summed E-state index contributed by atoms with van der Waals surface area (Å²) in [5.41, 5.74) is 2.69. The molecule has 0 spiro atoms. The molecule has 31 heavy (non-hydrogen) atoms. The van der Waals surface area contributed by atoms with E-state index in [2.05, 4.69) is 19.9 Å². The van der Waals surface area contributed by atoms with Gasteiger partial charge in [0, 0.05) is 18.0 Å². The van der Waals surface area contributed by atoms with Gasteiger partial charge in [-0.15, -0.1) is 0 Å². The van der Waals surface area contributed by atoms with E-state index in [0.717, 1.165) is 11.0 Å². The van der Waals surface area contributed by atoms with Gasteiger partial charge in [0.25, 0.3) is 5.91 Å².